The van der Waals surface area contributed by atoms with Crippen LogP contribution in [-0.4, -0.2) is 15.6 Å². The van der Waals surface area contributed by atoms with Gasteiger partial charge in [-0.05, 0) is 24.8 Å². The van der Waals surface area contributed by atoms with E-state index >= 15 is 0 Å². The van der Waals surface area contributed by atoms with Gasteiger partial charge in [-0.25, -0.2) is 0 Å². The Balaban J connectivity index is 2.13. The van der Waals surface area contributed by atoms with Gasteiger partial charge in [-0.3, -0.25) is 9.48 Å². The maximum Gasteiger partial charge on any atom is 0.166 e. The van der Waals surface area contributed by atoms with Gasteiger partial charge in [0.15, 0.2) is 5.78 Å². The van der Waals surface area contributed by atoms with Gasteiger partial charge in [0.1, 0.15) is 0 Å². The van der Waals surface area contributed by atoms with Crippen LogP contribution in [0.2, 0.25) is 0 Å². The highest BCUT2D eigenvalue weighted by molar-refractivity contribution is 5.99. The summed E-state index contributed by atoms with van der Waals surface area (Å²) >= 11 is 0. The monoisotopic (exact) mass is 268 g/mol. The van der Waals surface area contributed by atoms with Crippen molar-refractivity contribution >= 4 is 5.78 Å². The molecule has 1 aliphatic rings. The van der Waals surface area contributed by atoms with Crippen molar-refractivity contribution in [1.29, 1.82) is 0 Å². The molecule has 20 heavy (non-hydrogen) atoms. The minimum absolute atomic E-state index is 0.250. The molecule has 0 N–H and O–H groups in total. The van der Waals surface area contributed by atoms with Gasteiger partial charge in [0, 0.05) is 19.4 Å². The van der Waals surface area contributed by atoms with Crippen LogP contribution in [-0.2, 0) is 13.5 Å². The number of aryl methyl sites for hydroxylation is 2. The van der Waals surface area contributed by atoms with Crippen molar-refractivity contribution < 1.29 is 4.79 Å². The van der Waals surface area contributed by atoms with E-state index in [1.165, 1.54) is 5.56 Å². The average Bonchev–Trinajstić information content (AvgIpc) is 2.79. The highest BCUT2D eigenvalue weighted by Crippen LogP contribution is 2.34. The van der Waals surface area contributed by atoms with Crippen LogP contribution < -0.4 is 0 Å². The zero-order valence-electron chi connectivity index (χ0n) is 12.1. The summed E-state index contributed by atoms with van der Waals surface area (Å²) in [7, 11) is 1.96. The lowest BCUT2D eigenvalue weighted by Gasteiger charge is -2.19. The van der Waals surface area contributed by atoms with Gasteiger partial charge in [-0.15, -0.1) is 0 Å². The minimum atomic E-state index is 0.250. The zero-order chi connectivity index (χ0) is 14.1. The van der Waals surface area contributed by atoms with E-state index in [9.17, 15) is 4.79 Å². The van der Waals surface area contributed by atoms with E-state index in [-0.39, 0.29) is 11.7 Å². The first-order valence-corrected chi connectivity index (χ1v) is 7.36. The van der Waals surface area contributed by atoms with Crippen LogP contribution in [0.5, 0.6) is 0 Å². The van der Waals surface area contributed by atoms with Crippen molar-refractivity contribution in [1.82, 2.24) is 9.78 Å². The number of hydrogen-bond donors (Lipinski definition) is 0. The summed E-state index contributed by atoms with van der Waals surface area (Å²) in [5, 5.41) is 4.59. The lowest BCUT2D eigenvalue weighted by atomic mass is 9.86. The van der Waals surface area contributed by atoms with E-state index < -0.39 is 0 Å². The Morgan fingerprint density at radius 3 is 2.70 bits per heavy atom. The summed E-state index contributed by atoms with van der Waals surface area (Å²) in [6.07, 6.45) is 3.50. The molecule has 1 heterocycles. The molecule has 3 heteroatoms. The number of nitrogens with zero attached hydrogens (tertiary/aromatic N) is 2. The summed E-state index contributed by atoms with van der Waals surface area (Å²) in [5.74, 6) is 0.517. The highest BCUT2D eigenvalue weighted by Gasteiger charge is 2.29. The Hall–Kier alpha value is -1.90. The van der Waals surface area contributed by atoms with Gasteiger partial charge in [-0.2, -0.15) is 5.10 Å². The van der Waals surface area contributed by atoms with Crippen molar-refractivity contribution in [3.8, 4) is 0 Å². The summed E-state index contributed by atoms with van der Waals surface area (Å²) in [4.78, 5) is 12.3. The molecule has 0 fully saturated rings. The standard InChI is InChI=1S/C17H20N2O/c1-3-13(12-8-5-4-6-9-12)17-16-14(18-19(17)2)10-7-11-15(16)20/h4-6,8-9,13H,3,7,10-11H2,1-2H3. The van der Waals surface area contributed by atoms with Crippen molar-refractivity contribution in [2.45, 2.75) is 38.5 Å². The Labute approximate surface area is 119 Å². The Bertz CT molecular complexity index is 628. The summed E-state index contributed by atoms with van der Waals surface area (Å²) in [6.45, 7) is 2.17. The molecule has 1 aliphatic carbocycles. The molecule has 0 aliphatic heterocycles. The SMILES string of the molecule is CCC(c1ccccc1)c1c2c(nn1C)CCCC2=O. The fraction of sp³-hybridized carbons (Fsp3) is 0.412. The Kier molecular flexibility index (Phi) is 3.43. The molecule has 1 atom stereocenters. The molecule has 3 rings (SSSR count). The molecule has 0 saturated carbocycles. The van der Waals surface area contributed by atoms with Crippen molar-refractivity contribution in [2.24, 2.45) is 7.05 Å². The van der Waals surface area contributed by atoms with Gasteiger partial charge >= 0.3 is 0 Å². The molecule has 0 spiro atoms. The van der Waals surface area contributed by atoms with E-state index in [1.54, 1.807) is 0 Å². The third kappa shape index (κ3) is 2.07. The molecular weight excluding hydrogens is 248 g/mol. The van der Waals surface area contributed by atoms with E-state index in [4.69, 9.17) is 0 Å². The van der Waals surface area contributed by atoms with E-state index in [2.05, 4.69) is 36.3 Å². The molecule has 0 bridgehead atoms. The van der Waals surface area contributed by atoms with Crippen LogP contribution in [0.25, 0.3) is 0 Å². The largest absolute Gasteiger partial charge is 0.294 e. The number of Topliss-reactive ketones (excluding diaryl/α,β-unsaturated/α-hetero) is 1. The number of hydrogen-bond acceptors (Lipinski definition) is 2. The quantitative estimate of drug-likeness (QED) is 0.854. The molecule has 1 unspecified atom stereocenters. The Morgan fingerprint density at radius 2 is 2.00 bits per heavy atom. The highest BCUT2D eigenvalue weighted by atomic mass is 16.1. The van der Waals surface area contributed by atoms with E-state index in [0.717, 1.165) is 36.2 Å². The Morgan fingerprint density at radius 1 is 1.25 bits per heavy atom. The summed E-state index contributed by atoms with van der Waals surface area (Å²) in [6, 6.07) is 10.4. The zero-order valence-corrected chi connectivity index (χ0v) is 12.1. The smallest absolute Gasteiger partial charge is 0.166 e. The lowest BCUT2D eigenvalue weighted by molar-refractivity contribution is 0.0971. The normalized spacial score (nSPS) is 16.0. The van der Waals surface area contributed by atoms with Gasteiger partial charge in [-0.1, -0.05) is 37.3 Å². The van der Waals surface area contributed by atoms with E-state index in [1.807, 2.05) is 17.8 Å². The maximum absolute atomic E-state index is 12.3. The van der Waals surface area contributed by atoms with Crippen molar-refractivity contribution in [3.05, 3.63) is 52.8 Å². The van der Waals surface area contributed by atoms with Crippen LogP contribution in [0.15, 0.2) is 30.3 Å². The predicted molar refractivity (Wildman–Crippen MR) is 79.1 cm³/mol. The van der Waals surface area contributed by atoms with Crippen LogP contribution in [0.4, 0.5) is 0 Å². The third-order valence-electron chi connectivity index (χ3n) is 4.20. The third-order valence-corrected chi connectivity index (χ3v) is 4.20. The molecule has 104 valence electrons. The molecule has 1 aromatic carbocycles. The second-order valence-electron chi connectivity index (χ2n) is 5.48. The number of aromatic nitrogens is 2. The summed E-state index contributed by atoms with van der Waals surface area (Å²) in [5.41, 5.74) is 4.25. The van der Waals surface area contributed by atoms with Gasteiger partial charge in [0.25, 0.3) is 0 Å². The van der Waals surface area contributed by atoms with Crippen molar-refractivity contribution in [3.63, 3.8) is 0 Å². The minimum Gasteiger partial charge on any atom is -0.294 e. The van der Waals surface area contributed by atoms with Crippen LogP contribution >= 0.6 is 0 Å². The fourth-order valence-corrected chi connectivity index (χ4v) is 3.29. The molecule has 0 saturated heterocycles. The van der Waals surface area contributed by atoms with Gasteiger partial charge in [0.2, 0.25) is 0 Å². The predicted octanol–water partition coefficient (Wildman–Crippen LogP) is 3.48. The number of fused-ring (bicyclic) bond motifs is 1. The summed E-state index contributed by atoms with van der Waals surface area (Å²) < 4.78 is 1.93. The molecular formula is C17H20N2O. The first-order chi connectivity index (χ1) is 9.72. The number of benzene rings is 1. The lowest BCUT2D eigenvalue weighted by Crippen LogP contribution is -2.14. The molecule has 1 aromatic heterocycles. The number of carbonyl (C=O) groups excluding carboxylic acids is 1. The van der Waals surface area contributed by atoms with E-state index in [0.29, 0.717) is 6.42 Å². The molecule has 2 aromatic rings. The van der Waals surface area contributed by atoms with Crippen LogP contribution in [0, 0.1) is 0 Å². The number of ketones is 1. The fourth-order valence-electron chi connectivity index (χ4n) is 3.29. The number of rotatable bonds is 3. The van der Waals surface area contributed by atoms with Crippen molar-refractivity contribution in [2.75, 3.05) is 0 Å². The van der Waals surface area contributed by atoms with Crippen LogP contribution in [0.1, 0.15) is 59.4 Å². The van der Waals surface area contributed by atoms with Gasteiger partial charge in [0.05, 0.1) is 17.0 Å². The van der Waals surface area contributed by atoms with Gasteiger partial charge < -0.3 is 0 Å². The first-order valence-electron chi connectivity index (χ1n) is 7.36. The first kappa shape index (κ1) is 13.1. The average molecular weight is 268 g/mol. The maximum atomic E-state index is 12.3. The second-order valence-corrected chi connectivity index (χ2v) is 5.48. The number of carbonyl (C=O) groups is 1. The molecule has 0 amide bonds. The topological polar surface area (TPSA) is 34.9 Å². The molecule has 0 radical (unpaired) electrons. The molecule has 3 nitrogen and oxygen atoms in total. The van der Waals surface area contributed by atoms with Crippen LogP contribution in [0.3, 0.4) is 0 Å². The second kappa shape index (κ2) is 5.23.